The molecule has 1 aromatic carbocycles. The van der Waals surface area contributed by atoms with E-state index in [1.807, 2.05) is 11.6 Å². The maximum Gasteiger partial charge on any atom is 0.416 e. The Morgan fingerprint density at radius 1 is 1.30 bits per heavy atom. The summed E-state index contributed by atoms with van der Waals surface area (Å²) in [5.41, 5.74) is -0.947. The lowest BCUT2D eigenvalue weighted by atomic mass is 10.2. The van der Waals surface area contributed by atoms with Crippen LogP contribution in [0.15, 0.2) is 30.6 Å². The summed E-state index contributed by atoms with van der Waals surface area (Å²) in [4.78, 5) is 4.10. The number of hydrogen-bond donors (Lipinski definition) is 1. The fourth-order valence-corrected chi connectivity index (χ4v) is 1.78. The molecule has 3 nitrogen and oxygen atoms in total. The van der Waals surface area contributed by atoms with Gasteiger partial charge in [-0.3, -0.25) is 0 Å². The molecule has 0 unspecified atom stereocenters. The molecule has 0 aliphatic carbocycles. The molecular formula is C13H13F4N3. The second kappa shape index (κ2) is 5.52. The number of hydrogen-bond acceptors (Lipinski definition) is 2. The summed E-state index contributed by atoms with van der Waals surface area (Å²) in [7, 11) is 1.83. The summed E-state index contributed by atoms with van der Waals surface area (Å²) in [5, 5.41) is 2.76. The highest BCUT2D eigenvalue weighted by atomic mass is 19.4. The Hall–Kier alpha value is -2.05. The lowest BCUT2D eigenvalue weighted by molar-refractivity contribution is -0.137. The quantitative estimate of drug-likeness (QED) is 0.875. The van der Waals surface area contributed by atoms with Crippen LogP contribution >= 0.6 is 0 Å². The van der Waals surface area contributed by atoms with E-state index in [-0.39, 0.29) is 5.69 Å². The molecule has 0 amide bonds. The van der Waals surface area contributed by atoms with Crippen molar-refractivity contribution in [2.45, 2.75) is 12.6 Å². The molecule has 1 aromatic heterocycles. The minimum Gasteiger partial charge on any atom is -0.382 e. The summed E-state index contributed by atoms with van der Waals surface area (Å²) >= 11 is 0. The number of nitrogens with zero attached hydrogens (tertiary/aromatic N) is 2. The van der Waals surface area contributed by atoms with Gasteiger partial charge >= 0.3 is 6.18 Å². The van der Waals surface area contributed by atoms with Gasteiger partial charge in [-0.05, 0) is 18.2 Å². The third-order valence-corrected chi connectivity index (χ3v) is 2.88. The van der Waals surface area contributed by atoms with Crippen LogP contribution in [0.1, 0.15) is 11.4 Å². The maximum atomic E-state index is 13.5. The number of rotatable bonds is 4. The number of anilines is 1. The van der Waals surface area contributed by atoms with Crippen LogP contribution in [0.5, 0.6) is 0 Å². The molecule has 2 rings (SSSR count). The number of imidazole rings is 1. The van der Waals surface area contributed by atoms with Crippen molar-refractivity contribution in [1.82, 2.24) is 9.55 Å². The number of nitrogens with one attached hydrogen (secondary N) is 1. The second-order valence-corrected chi connectivity index (χ2v) is 4.32. The van der Waals surface area contributed by atoms with Crippen LogP contribution in [0.25, 0.3) is 0 Å². The normalized spacial score (nSPS) is 11.7. The number of benzene rings is 1. The van der Waals surface area contributed by atoms with Gasteiger partial charge in [0.25, 0.3) is 0 Å². The molecule has 20 heavy (non-hydrogen) atoms. The molecule has 0 aliphatic heterocycles. The fraction of sp³-hybridized carbons (Fsp3) is 0.308. The predicted molar refractivity (Wildman–Crippen MR) is 66.8 cm³/mol. The van der Waals surface area contributed by atoms with Crippen LogP contribution in [-0.4, -0.2) is 16.1 Å². The second-order valence-electron chi connectivity index (χ2n) is 4.32. The zero-order valence-corrected chi connectivity index (χ0v) is 10.7. The monoisotopic (exact) mass is 287 g/mol. The van der Waals surface area contributed by atoms with E-state index in [4.69, 9.17) is 0 Å². The summed E-state index contributed by atoms with van der Waals surface area (Å²) in [5.74, 6) is -0.107. The van der Waals surface area contributed by atoms with Crippen LogP contribution in [0.2, 0.25) is 0 Å². The van der Waals surface area contributed by atoms with E-state index >= 15 is 0 Å². The van der Waals surface area contributed by atoms with Crippen molar-refractivity contribution in [1.29, 1.82) is 0 Å². The molecular weight excluding hydrogens is 274 g/mol. The summed E-state index contributed by atoms with van der Waals surface area (Å²) < 4.78 is 52.5. The Bertz CT molecular complexity index is 590. The average Bonchev–Trinajstić information content (AvgIpc) is 2.76. The van der Waals surface area contributed by atoms with Crippen LogP contribution in [0.4, 0.5) is 23.2 Å². The SMILES string of the molecule is Cn1ccnc1CCNc1ccc(C(F)(F)F)cc1F. The van der Waals surface area contributed by atoms with Crippen molar-refractivity contribution < 1.29 is 17.6 Å². The van der Waals surface area contributed by atoms with Crippen molar-refractivity contribution in [2.75, 3.05) is 11.9 Å². The van der Waals surface area contributed by atoms with E-state index in [1.54, 1.807) is 12.4 Å². The summed E-state index contributed by atoms with van der Waals surface area (Å²) in [6.07, 6.45) is -0.557. The van der Waals surface area contributed by atoms with Gasteiger partial charge in [0.05, 0.1) is 11.3 Å². The Labute approximate surface area is 113 Å². The molecule has 0 atom stereocenters. The highest BCUT2D eigenvalue weighted by molar-refractivity contribution is 5.46. The van der Waals surface area contributed by atoms with Crippen molar-refractivity contribution in [2.24, 2.45) is 7.05 Å². The Balaban J connectivity index is 1.98. The maximum absolute atomic E-state index is 13.5. The Morgan fingerprint density at radius 2 is 2.05 bits per heavy atom. The van der Waals surface area contributed by atoms with E-state index in [9.17, 15) is 17.6 Å². The molecule has 0 radical (unpaired) electrons. The molecule has 0 saturated heterocycles. The van der Waals surface area contributed by atoms with Crippen LogP contribution in [0.3, 0.4) is 0 Å². The number of aryl methyl sites for hydroxylation is 1. The Morgan fingerprint density at radius 3 is 2.60 bits per heavy atom. The topological polar surface area (TPSA) is 29.9 Å². The minimum absolute atomic E-state index is 0.0483. The van der Waals surface area contributed by atoms with E-state index in [0.29, 0.717) is 19.0 Å². The van der Waals surface area contributed by atoms with Crippen molar-refractivity contribution in [3.63, 3.8) is 0 Å². The Kier molecular flexibility index (Phi) is 3.96. The molecule has 0 fully saturated rings. The van der Waals surface area contributed by atoms with Crippen LogP contribution in [-0.2, 0) is 19.6 Å². The third-order valence-electron chi connectivity index (χ3n) is 2.88. The highest BCUT2D eigenvalue weighted by Gasteiger charge is 2.31. The average molecular weight is 287 g/mol. The zero-order chi connectivity index (χ0) is 14.8. The van der Waals surface area contributed by atoms with Gasteiger partial charge in [-0.2, -0.15) is 13.2 Å². The lowest BCUT2D eigenvalue weighted by Crippen LogP contribution is -2.11. The van der Waals surface area contributed by atoms with Gasteiger partial charge in [-0.1, -0.05) is 0 Å². The van der Waals surface area contributed by atoms with Gasteiger partial charge < -0.3 is 9.88 Å². The van der Waals surface area contributed by atoms with Crippen LogP contribution < -0.4 is 5.32 Å². The number of halogens is 4. The highest BCUT2D eigenvalue weighted by Crippen LogP contribution is 2.31. The van der Waals surface area contributed by atoms with Crippen molar-refractivity contribution in [3.05, 3.63) is 47.8 Å². The first-order chi connectivity index (χ1) is 9.38. The van der Waals surface area contributed by atoms with Gasteiger partial charge in [-0.25, -0.2) is 9.37 Å². The molecule has 1 heterocycles. The number of alkyl halides is 3. The van der Waals surface area contributed by atoms with E-state index in [2.05, 4.69) is 10.3 Å². The van der Waals surface area contributed by atoms with Gasteiger partial charge in [0.2, 0.25) is 0 Å². The van der Waals surface area contributed by atoms with E-state index in [0.717, 1.165) is 18.0 Å². The van der Waals surface area contributed by atoms with Gasteiger partial charge in [0, 0.05) is 32.4 Å². The first-order valence-corrected chi connectivity index (χ1v) is 5.95. The van der Waals surface area contributed by atoms with E-state index in [1.165, 1.54) is 0 Å². The van der Waals surface area contributed by atoms with Crippen molar-refractivity contribution in [3.8, 4) is 0 Å². The summed E-state index contributed by atoms with van der Waals surface area (Å²) in [6.45, 7) is 0.382. The summed E-state index contributed by atoms with van der Waals surface area (Å²) in [6, 6.07) is 2.44. The van der Waals surface area contributed by atoms with Crippen molar-refractivity contribution >= 4 is 5.69 Å². The molecule has 0 aliphatic rings. The van der Waals surface area contributed by atoms with Gasteiger partial charge in [0.15, 0.2) is 0 Å². The third kappa shape index (κ3) is 3.28. The van der Waals surface area contributed by atoms with Gasteiger partial charge in [0.1, 0.15) is 11.6 Å². The molecule has 7 heteroatoms. The van der Waals surface area contributed by atoms with E-state index < -0.39 is 17.6 Å². The predicted octanol–water partition coefficient (Wildman–Crippen LogP) is 3.23. The first-order valence-electron chi connectivity index (χ1n) is 5.95. The smallest absolute Gasteiger partial charge is 0.382 e. The number of aromatic nitrogens is 2. The molecule has 2 aromatic rings. The molecule has 0 saturated carbocycles. The standard InChI is InChI=1S/C13H13F4N3/c1-20-7-6-19-12(20)4-5-18-11-3-2-9(8-10(11)14)13(15,16)17/h2-3,6-8,18H,4-5H2,1H3. The van der Waals surface area contributed by atoms with Crippen LogP contribution in [0, 0.1) is 5.82 Å². The molecule has 1 N–H and O–H groups in total. The first kappa shape index (κ1) is 14.4. The minimum atomic E-state index is -4.54. The molecule has 0 spiro atoms. The van der Waals surface area contributed by atoms with Gasteiger partial charge in [-0.15, -0.1) is 0 Å². The molecule has 108 valence electrons. The zero-order valence-electron chi connectivity index (χ0n) is 10.7. The largest absolute Gasteiger partial charge is 0.416 e. The lowest BCUT2D eigenvalue weighted by Gasteiger charge is -2.11. The molecule has 0 bridgehead atoms. The fourth-order valence-electron chi connectivity index (χ4n) is 1.78.